The third kappa shape index (κ3) is 11.2. The van der Waals surface area contributed by atoms with Gasteiger partial charge in [0.15, 0.2) is 0 Å². The number of imide groups is 2. The summed E-state index contributed by atoms with van der Waals surface area (Å²) in [4.78, 5) is 61.2. The molecule has 0 fully saturated rings. The van der Waals surface area contributed by atoms with Crippen molar-refractivity contribution in [1.82, 2.24) is 9.80 Å². The van der Waals surface area contributed by atoms with Gasteiger partial charge >= 0.3 is 312 Å². The Morgan fingerprint density at radius 2 is 0.731 bits per heavy atom. The monoisotopic (exact) mass is 1010 g/mol. The number of carbonyl (C=O) groups excluding carboxylic acids is 4. The van der Waals surface area contributed by atoms with Crippen LogP contribution in [0.4, 0.5) is 0 Å². The molecule has 4 amide bonds. The van der Waals surface area contributed by atoms with Crippen LogP contribution in [-0.4, -0.2) is 64.9 Å². The van der Waals surface area contributed by atoms with Gasteiger partial charge in [-0.25, -0.2) is 0 Å². The summed E-state index contributed by atoms with van der Waals surface area (Å²) in [6.07, 6.45) is 30.8. The fourth-order valence-corrected chi connectivity index (χ4v) is 25.8. The minimum absolute atomic E-state index is 0.188. The third-order valence-electron chi connectivity index (χ3n) is 15.6. The van der Waals surface area contributed by atoms with E-state index in [1.165, 1.54) is 139 Å². The van der Waals surface area contributed by atoms with Crippen molar-refractivity contribution in [3.63, 3.8) is 0 Å². The Balaban J connectivity index is 1.30. The first kappa shape index (κ1) is 51.1. The molecular weight excluding hydrogens is 931 g/mol. The van der Waals surface area contributed by atoms with Gasteiger partial charge in [-0.3, -0.25) is 0 Å². The van der Waals surface area contributed by atoms with E-state index in [-0.39, 0.29) is 23.6 Å². The molecule has 360 valence electrons. The molecule has 6 nitrogen and oxygen atoms in total. The van der Waals surface area contributed by atoms with Crippen molar-refractivity contribution >= 4 is 91.2 Å². The zero-order valence-corrected chi connectivity index (χ0v) is 45.1. The average molecular weight is 1010 g/mol. The normalized spacial score (nSPS) is 14.3. The molecule has 5 aromatic carbocycles. The van der Waals surface area contributed by atoms with E-state index in [1.54, 1.807) is 0 Å². The van der Waals surface area contributed by atoms with Gasteiger partial charge in [0.05, 0.1) is 0 Å². The summed E-state index contributed by atoms with van der Waals surface area (Å²) in [6.45, 7) is 12.3. The SMILES string of the molecule is CCCCCCCCCCCN1C(=O)c2ccc3c4ccc5c6c(cc(/C=[CH]/[Sn]([CH2]CCC)([CH2]CCC)[CH2]CCC)c(c7ccc(c2c37)C1=O)c64)C(=O)N(CCCCCCCCCCC)C5=O. The van der Waals surface area contributed by atoms with Gasteiger partial charge in [0, 0.05) is 0 Å². The Hall–Kier alpha value is -3.78. The van der Waals surface area contributed by atoms with E-state index in [0.717, 1.165) is 87.2 Å². The standard InChI is InChI=1S/C48H55N2O4.3C4H9.Sn/c1-4-7-9-11-13-15-17-19-21-29-49-45(51)36-26-23-33-34-24-27-38-43-39(48(54)50(47(38)53)30-22-20-18-16-14-12-10-8-5-2)31-32(6-3)40(44(34)43)35-25-28-37(46(49)52)42(36)41(33)35;3*1-3-4-2;/h3,6,23-28,31H,4-5,7-22,29-30H2,1-2H3;3*1,3-4H2,2H3;. The molecule has 0 spiro atoms. The van der Waals surface area contributed by atoms with Gasteiger partial charge in [0.1, 0.15) is 0 Å². The molecule has 0 saturated carbocycles. The van der Waals surface area contributed by atoms with Gasteiger partial charge in [-0.15, -0.1) is 0 Å². The van der Waals surface area contributed by atoms with E-state index in [1.807, 2.05) is 18.2 Å². The summed E-state index contributed by atoms with van der Waals surface area (Å²) < 4.78 is 6.69. The van der Waals surface area contributed by atoms with Gasteiger partial charge in [-0.1, -0.05) is 97.3 Å². The zero-order chi connectivity index (χ0) is 47.3. The van der Waals surface area contributed by atoms with Crippen LogP contribution in [0.1, 0.15) is 236 Å². The van der Waals surface area contributed by atoms with Crippen LogP contribution in [0.5, 0.6) is 0 Å². The van der Waals surface area contributed by atoms with E-state index in [2.05, 4.69) is 69.1 Å². The summed E-state index contributed by atoms with van der Waals surface area (Å²) in [5.74, 6) is -0.804. The first-order valence-corrected chi connectivity index (χ1v) is 35.1. The summed E-state index contributed by atoms with van der Waals surface area (Å²) in [7, 11) is 0. The molecule has 67 heavy (non-hydrogen) atoms. The van der Waals surface area contributed by atoms with Crippen molar-refractivity contribution in [3.05, 3.63) is 74.4 Å². The van der Waals surface area contributed by atoms with Crippen molar-refractivity contribution < 1.29 is 19.2 Å². The third-order valence-corrected chi connectivity index (χ3v) is 29.7. The number of benzene rings is 5. The van der Waals surface area contributed by atoms with E-state index in [0.29, 0.717) is 35.3 Å². The maximum absolute atomic E-state index is 14.9. The Morgan fingerprint density at radius 3 is 1.16 bits per heavy atom. The molecule has 0 atom stereocenters. The Morgan fingerprint density at radius 1 is 0.373 bits per heavy atom. The molecule has 0 aliphatic carbocycles. The molecule has 0 saturated heterocycles. The summed E-state index contributed by atoms with van der Waals surface area (Å²) in [5, 5.41) is 7.29. The van der Waals surface area contributed by atoms with Crippen LogP contribution in [0.25, 0.3) is 49.2 Å². The maximum atomic E-state index is 14.9. The topological polar surface area (TPSA) is 74.8 Å². The molecule has 7 rings (SSSR count). The number of rotatable bonds is 31. The second-order valence-corrected chi connectivity index (χ2v) is 33.6. The summed E-state index contributed by atoms with van der Waals surface area (Å²) in [6, 6.07) is 14.2. The molecule has 0 unspecified atom stereocenters. The molecule has 2 aliphatic rings. The fraction of sp³-hybridized carbons (Fsp3) is 0.567. The molecule has 2 heterocycles. The van der Waals surface area contributed by atoms with Crippen LogP contribution in [0.15, 0.2) is 46.6 Å². The molecule has 2 aliphatic heterocycles. The number of fused-ring (bicyclic) bond motifs is 2. The van der Waals surface area contributed by atoms with Crippen molar-refractivity contribution in [3.8, 4) is 0 Å². The van der Waals surface area contributed by atoms with E-state index >= 15 is 0 Å². The number of hydrogen-bond acceptors (Lipinski definition) is 4. The van der Waals surface area contributed by atoms with Crippen molar-refractivity contribution in [2.75, 3.05) is 13.1 Å². The van der Waals surface area contributed by atoms with Gasteiger partial charge in [-0.05, 0) is 0 Å². The summed E-state index contributed by atoms with van der Waals surface area (Å²) in [5.41, 5.74) is 3.40. The second kappa shape index (κ2) is 24.7. The van der Waals surface area contributed by atoms with Crippen LogP contribution < -0.4 is 0 Å². The molecule has 0 bridgehead atoms. The Bertz CT molecular complexity index is 2490. The predicted octanol–water partition coefficient (Wildman–Crippen LogP) is 17.4. The molecular formula is C60H82N2O4Sn. The van der Waals surface area contributed by atoms with Crippen LogP contribution in [0, 0.1) is 0 Å². The van der Waals surface area contributed by atoms with Gasteiger partial charge < -0.3 is 0 Å². The Kier molecular flexibility index (Phi) is 18.8. The van der Waals surface area contributed by atoms with Crippen LogP contribution >= 0.6 is 0 Å². The Labute approximate surface area is 407 Å². The number of amides is 4. The minimum atomic E-state index is -2.84. The van der Waals surface area contributed by atoms with Gasteiger partial charge in [0.2, 0.25) is 0 Å². The van der Waals surface area contributed by atoms with Crippen molar-refractivity contribution in [2.24, 2.45) is 0 Å². The first-order chi connectivity index (χ1) is 32.7. The van der Waals surface area contributed by atoms with Crippen LogP contribution in [0.2, 0.25) is 13.3 Å². The molecule has 7 heteroatoms. The molecule has 5 aromatic rings. The fourth-order valence-electron chi connectivity index (χ4n) is 11.7. The molecule has 0 aromatic heterocycles. The average Bonchev–Trinajstić information content (AvgIpc) is 3.34. The number of unbranched alkanes of at least 4 members (excludes halogenated alkanes) is 19. The number of hydrogen-bond donors (Lipinski definition) is 0. The van der Waals surface area contributed by atoms with Crippen LogP contribution in [-0.2, 0) is 0 Å². The van der Waals surface area contributed by atoms with E-state index in [4.69, 9.17) is 0 Å². The van der Waals surface area contributed by atoms with Crippen molar-refractivity contribution in [1.29, 1.82) is 0 Å². The number of carbonyl (C=O) groups is 4. The van der Waals surface area contributed by atoms with Gasteiger partial charge in [-0.2, -0.15) is 0 Å². The van der Waals surface area contributed by atoms with E-state index in [9.17, 15) is 19.2 Å². The van der Waals surface area contributed by atoms with Crippen molar-refractivity contribution in [2.45, 2.75) is 202 Å². The summed E-state index contributed by atoms with van der Waals surface area (Å²) >= 11 is -2.84. The first-order valence-electron chi connectivity index (χ1n) is 27.4. The van der Waals surface area contributed by atoms with Gasteiger partial charge in [0.25, 0.3) is 0 Å². The molecule has 0 N–H and O–H groups in total. The van der Waals surface area contributed by atoms with E-state index < -0.39 is 18.4 Å². The van der Waals surface area contributed by atoms with Crippen LogP contribution in [0.3, 0.4) is 0 Å². The second-order valence-electron chi connectivity index (χ2n) is 20.6. The predicted molar refractivity (Wildman–Crippen MR) is 287 cm³/mol. The number of nitrogens with zero attached hydrogens (tertiary/aromatic N) is 2. The quantitative estimate of drug-likeness (QED) is 0.0146. The molecule has 0 radical (unpaired) electrons. The zero-order valence-electron chi connectivity index (χ0n) is 42.2.